The van der Waals surface area contributed by atoms with Gasteiger partial charge in [0.15, 0.2) is 0 Å². The molecule has 2 aliphatic rings. The van der Waals surface area contributed by atoms with Gasteiger partial charge in [-0.05, 0) is 23.8 Å². The van der Waals surface area contributed by atoms with Gasteiger partial charge in [-0.15, -0.1) is 0 Å². The van der Waals surface area contributed by atoms with Crippen molar-refractivity contribution in [1.82, 2.24) is 20.2 Å². The molecule has 2 aromatic rings. The summed E-state index contributed by atoms with van der Waals surface area (Å²) in [7, 11) is 1.64. The molecule has 1 aromatic carbocycles. The van der Waals surface area contributed by atoms with Crippen molar-refractivity contribution in [2.45, 2.75) is 13.0 Å². The molecule has 2 fully saturated rings. The molecule has 8 nitrogen and oxygen atoms in total. The lowest BCUT2D eigenvalue weighted by atomic mass is 9.89. The zero-order chi connectivity index (χ0) is 20.4. The zero-order valence-corrected chi connectivity index (χ0v) is 16.6. The fourth-order valence-corrected chi connectivity index (χ4v) is 4.45. The van der Waals surface area contributed by atoms with Gasteiger partial charge in [0.1, 0.15) is 5.75 Å². The number of ether oxygens (including phenoxy) is 1. The van der Waals surface area contributed by atoms with E-state index in [0.717, 1.165) is 30.4 Å². The minimum absolute atomic E-state index is 0.0208. The van der Waals surface area contributed by atoms with Crippen LogP contribution in [0.15, 0.2) is 42.7 Å². The fraction of sp³-hybridized carbons (Fsp3) is 0.429. The van der Waals surface area contributed by atoms with Crippen LogP contribution in [-0.4, -0.2) is 60.0 Å². The number of rotatable bonds is 5. The Morgan fingerprint density at radius 3 is 2.52 bits per heavy atom. The second kappa shape index (κ2) is 8.06. The number of carbonyl (C=O) groups excluding carboxylic acids is 2. The molecule has 0 spiro atoms. The number of carbonyl (C=O) groups is 2. The summed E-state index contributed by atoms with van der Waals surface area (Å²) < 4.78 is 5.28. The maximum atomic E-state index is 12.9. The second-order valence-electron chi connectivity index (χ2n) is 7.55. The Balaban J connectivity index is 1.59. The van der Waals surface area contributed by atoms with Gasteiger partial charge in [-0.2, -0.15) is 0 Å². The number of fused-ring (bicyclic) bond motifs is 1. The van der Waals surface area contributed by atoms with Gasteiger partial charge in [0.25, 0.3) is 0 Å². The van der Waals surface area contributed by atoms with Crippen molar-refractivity contribution < 1.29 is 14.3 Å². The number of anilines is 1. The van der Waals surface area contributed by atoms with Crippen molar-refractivity contribution >= 4 is 17.8 Å². The van der Waals surface area contributed by atoms with Crippen molar-refractivity contribution in [3.63, 3.8) is 0 Å². The molecular formula is C21H25N5O3. The molecule has 1 aromatic heterocycles. The summed E-state index contributed by atoms with van der Waals surface area (Å²) in [6.07, 6.45) is 3.50. The highest BCUT2D eigenvalue weighted by Gasteiger charge is 2.49. The van der Waals surface area contributed by atoms with Gasteiger partial charge in [-0.25, -0.2) is 9.97 Å². The van der Waals surface area contributed by atoms with Crippen molar-refractivity contribution in [2.24, 2.45) is 11.8 Å². The number of hydrogen-bond donors (Lipinski definition) is 1. The van der Waals surface area contributed by atoms with E-state index in [2.05, 4.69) is 20.2 Å². The number of likely N-dealkylation sites (tertiary alicyclic amines) is 1. The summed E-state index contributed by atoms with van der Waals surface area (Å²) in [5.74, 6) is 1.85. The summed E-state index contributed by atoms with van der Waals surface area (Å²) in [6, 6.07) is 9.64. The molecule has 2 amide bonds. The van der Waals surface area contributed by atoms with Gasteiger partial charge in [0.05, 0.1) is 19.7 Å². The second-order valence-corrected chi connectivity index (χ2v) is 7.55. The molecule has 4 rings (SSSR count). The minimum atomic E-state index is -0.203. The van der Waals surface area contributed by atoms with Crippen LogP contribution in [0.3, 0.4) is 0 Å². The fourth-order valence-electron chi connectivity index (χ4n) is 4.45. The Bertz CT molecular complexity index is 874. The Morgan fingerprint density at radius 1 is 1.14 bits per heavy atom. The summed E-state index contributed by atoms with van der Waals surface area (Å²) in [4.78, 5) is 37.0. The number of aromatic nitrogens is 2. The first-order valence-corrected chi connectivity index (χ1v) is 9.76. The SMILES string of the molecule is COc1ccc([C@H]2[C@H]3CN(c4ncccn4)C[C@H]3CN2C(=O)CNC(C)=O)cc1. The molecule has 2 saturated heterocycles. The maximum Gasteiger partial charge on any atom is 0.242 e. The highest BCUT2D eigenvalue weighted by Crippen LogP contribution is 2.45. The van der Waals surface area contributed by atoms with E-state index in [1.54, 1.807) is 19.5 Å². The highest BCUT2D eigenvalue weighted by atomic mass is 16.5. The van der Waals surface area contributed by atoms with Gasteiger partial charge in [0, 0.05) is 50.8 Å². The quantitative estimate of drug-likeness (QED) is 0.820. The van der Waals surface area contributed by atoms with Crippen LogP contribution < -0.4 is 15.0 Å². The third-order valence-corrected chi connectivity index (χ3v) is 5.77. The maximum absolute atomic E-state index is 12.9. The number of amides is 2. The van der Waals surface area contributed by atoms with Crippen LogP contribution in [0.5, 0.6) is 5.75 Å². The number of methoxy groups -OCH3 is 1. The van der Waals surface area contributed by atoms with Crippen LogP contribution in [0, 0.1) is 11.8 Å². The average Bonchev–Trinajstić information content (AvgIpc) is 3.31. The topological polar surface area (TPSA) is 87.7 Å². The van der Waals surface area contributed by atoms with Crippen LogP contribution >= 0.6 is 0 Å². The van der Waals surface area contributed by atoms with E-state index in [4.69, 9.17) is 4.74 Å². The first kappa shape index (κ1) is 19.2. The Kier molecular flexibility index (Phi) is 5.33. The molecule has 0 saturated carbocycles. The van der Waals surface area contributed by atoms with E-state index in [1.807, 2.05) is 35.2 Å². The molecular weight excluding hydrogens is 370 g/mol. The van der Waals surface area contributed by atoms with Crippen molar-refractivity contribution in [1.29, 1.82) is 0 Å². The molecule has 152 valence electrons. The Morgan fingerprint density at radius 2 is 1.86 bits per heavy atom. The van der Waals surface area contributed by atoms with Gasteiger partial charge < -0.3 is 19.9 Å². The Labute approximate surface area is 169 Å². The largest absolute Gasteiger partial charge is 0.497 e. The first-order valence-electron chi connectivity index (χ1n) is 9.76. The van der Waals surface area contributed by atoms with E-state index in [-0.39, 0.29) is 30.3 Å². The number of nitrogens with zero attached hydrogens (tertiary/aromatic N) is 4. The molecule has 3 atom stereocenters. The predicted octanol–water partition coefficient (Wildman–Crippen LogP) is 1.26. The van der Waals surface area contributed by atoms with Crippen LogP contribution in [0.2, 0.25) is 0 Å². The van der Waals surface area contributed by atoms with E-state index in [0.29, 0.717) is 12.5 Å². The molecule has 2 aliphatic heterocycles. The molecule has 29 heavy (non-hydrogen) atoms. The van der Waals surface area contributed by atoms with E-state index >= 15 is 0 Å². The minimum Gasteiger partial charge on any atom is -0.497 e. The van der Waals surface area contributed by atoms with E-state index in [1.165, 1.54) is 6.92 Å². The summed E-state index contributed by atoms with van der Waals surface area (Å²) >= 11 is 0. The molecule has 0 bridgehead atoms. The number of hydrogen-bond acceptors (Lipinski definition) is 6. The van der Waals surface area contributed by atoms with Crippen molar-refractivity contribution in [3.8, 4) is 5.75 Å². The third kappa shape index (κ3) is 3.87. The Hall–Kier alpha value is -3.16. The van der Waals surface area contributed by atoms with Gasteiger partial charge in [-0.1, -0.05) is 12.1 Å². The lowest BCUT2D eigenvalue weighted by molar-refractivity contribution is -0.133. The molecule has 3 heterocycles. The molecule has 0 aliphatic carbocycles. The predicted molar refractivity (Wildman–Crippen MR) is 107 cm³/mol. The van der Waals surface area contributed by atoms with Crippen LogP contribution in [0.1, 0.15) is 18.5 Å². The third-order valence-electron chi connectivity index (χ3n) is 5.77. The lowest BCUT2D eigenvalue weighted by Gasteiger charge is -2.30. The molecule has 0 unspecified atom stereocenters. The van der Waals surface area contributed by atoms with Gasteiger partial charge in [0.2, 0.25) is 17.8 Å². The van der Waals surface area contributed by atoms with Crippen LogP contribution in [-0.2, 0) is 9.59 Å². The van der Waals surface area contributed by atoms with Gasteiger partial charge in [-0.3, -0.25) is 9.59 Å². The summed E-state index contributed by atoms with van der Waals surface area (Å²) in [5, 5.41) is 2.63. The van der Waals surface area contributed by atoms with Crippen LogP contribution in [0.4, 0.5) is 5.95 Å². The smallest absolute Gasteiger partial charge is 0.242 e. The van der Waals surface area contributed by atoms with Crippen LogP contribution in [0.25, 0.3) is 0 Å². The average molecular weight is 395 g/mol. The number of nitrogens with one attached hydrogen (secondary N) is 1. The highest BCUT2D eigenvalue weighted by molar-refractivity contribution is 5.84. The zero-order valence-electron chi connectivity index (χ0n) is 16.6. The van der Waals surface area contributed by atoms with E-state index < -0.39 is 0 Å². The normalized spacial score (nSPS) is 23.0. The van der Waals surface area contributed by atoms with Crippen molar-refractivity contribution in [3.05, 3.63) is 48.3 Å². The monoisotopic (exact) mass is 395 g/mol. The summed E-state index contributed by atoms with van der Waals surface area (Å²) in [6.45, 7) is 3.70. The molecule has 0 radical (unpaired) electrons. The first-order chi connectivity index (χ1) is 14.1. The number of benzene rings is 1. The lowest BCUT2D eigenvalue weighted by Crippen LogP contribution is -2.41. The van der Waals surface area contributed by atoms with E-state index in [9.17, 15) is 9.59 Å². The summed E-state index contributed by atoms with van der Waals surface area (Å²) in [5.41, 5.74) is 1.07. The molecule has 1 N–H and O–H groups in total. The molecule has 8 heteroatoms. The van der Waals surface area contributed by atoms with Crippen molar-refractivity contribution in [2.75, 3.05) is 38.2 Å². The standard InChI is InChI=1S/C21H25N5O3/c1-14(27)24-10-19(28)26-12-16-11-25(21-22-8-3-9-23-21)13-18(16)20(26)15-4-6-17(29-2)7-5-15/h3-9,16,18,20H,10-13H2,1-2H3,(H,24,27)/t16-,18-,20-/m0/s1. The van der Waals surface area contributed by atoms with Gasteiger partial charge >= 0.3 is 0 Å².